The van der Waals surface area contributed by atoms with Crippen molar-refractivity contribution in [2.24, 2.45) is 0 Å². The standard InChI is InChI=1S/C18H24N2O4S/c1-13-7-9-14(10-8-13)25(22,23)20-15(16-6-5-11-24-16)12-17(21)19-18(2,3)4/h5-11,15,20H,12H2,1-4H3,(H,19,21)/t15-/m0/s1. The molecular formula is C18H24N2O4S. The molecule has 0 saturated carbocycles. The van der Waals surface area contributed by atoms with Crippen LogP contribution in [0.1, 0.15) is 44.6 Å². The Kier molecular flexibility index (Phi) is 5.69. The minimum Gasteiger partial charge on any atom is -0.468 e. The van der Waals surface area contributed by atoms with Gasteiger partial charge in [0.2, 0.25) is 15.9 Å². The number of nitrogens with one attached hydrogen (secondary N) is 2. The van der Waals surface area contributed by atoms with E-state index in [-0.39, 0.29) is 17.2 Å². The second-order valence-electron chi connectivity index (χ2n) is 7.00. The maximum Gasteiger partial charge on any atom is 0.241 e. The van der Waals surface area contributed by atoms with Crippen LogP contribution in [0.3, 0.4) is 0 Å². The molecule has 25 heavy (non-hydrogen) atoms. The van der Waals surface area contributed by atoms with Crippen molar-refractivity contribution in [1.29, 1.82) is 0 Å². The van der Waals surface area contributed by atoms with Crippen molar-refractivity contribution in [3.8, 4) is 0 Å². The molecule has 0 aliphatic rings. The van der Waals surface area contributed by atoms with Gasteiger partial charge in [0.1, 0.15) is 5.76 Å². The van der Waals surface area contributed by atoms with Crippen LogP contribution >= 0.6 is 0 Å². The van der Waals surface area contributed by atoms with E-state index in [1.165, 1.54) is 18.4 Å². The van der Waals surface area contributed by atoms with Gasteiger partial charge >= 0.3 is 0 Å². The SMILES string of the molecule is Cc1ccc(S(=O)(=O)N[C@@H](CC(=O)NC(C)(C)C)c2ccco2)cc1. The lowest BCUT2D eigenvalue weighted by Crippen LogP contribution is -2.42. The topological polar surface area (TPSA) is 88.4 Å². The van der Waals surface area contributed by atoms with Gasteiger partial charge in [-0.2, -0.15) is 4.72 Å². The lowest BCUT2D eigenvalue weighted by atomic mass is 10.1. The van der Waals surface area contributed by atoms with Gasteiger partial charge < -0.3 is 9.73 Å². The Morgan fingerprint density at radius 3 is 2.32 bits per heavy atom. The summed E-state index contributed by atoms with van der Waals surface area (Å²) in [6, 6.07) is 9.03. The van der Waals surface area contributed by atoms with Gasteiger partial charge in [0.25, 0.3) is 0 Å². The van der Waals surface area contributed by atoms with Gasteiger partial charge in [0.15, 0.2) is 0 Å². The van der Waals surface area contributed by atoms with Crippen molar-refractivity contribution < 1.29 is 17.6 Å². The summed E-state index contributed by atoms with van der Waals surface area (Å²) in [7, 11) is -3.78. The van der Waals surface area contributed by atoms with Crippen molar-refractivity contribution in [3.05, 3.63) is 54.0 Å². The smallest absolute Gasteiger partial charge is 0.241 e. The van der Waals surface area contributed by atoms with Crippen LogP contribution < -0.4 is 10.0 Å². The molecule has 0 bridgehead atoms. The van der Waals surface area contributed by atoms with Gasteiger partial charge in [-0.15, -0.1) is 0 Å². The number of rotatable bonds is 6. The lowest BCUT2D eigenvalue weighted by Gasteiger charge is -2.23. The van der Waals surface area contributed by atoms with Crippen LogP contribution in [0.25, 0.3) is 0 Å². The van der Waals surface area contributed by atoms with Crippen LogP contribution in [0, 0.1) is 6.92 Å². The molecule has 2 aromatic rings. The molecule has 1 aromatic carbocycles. The predicted molar refractivity (Wildman–Crippen MR) is 95.5 cm³/mol. The molecule has 0 fully saturated rings. The summed E-state index contributed by atoms with van der Waals surface area (Å²) in [5.41, 5.74) is 0.562. The summed E-state index contributed by atoms with van der Waals surface area (Å²) in [5.74, 6) is 0.125. The highest BCUT2D eigenvalue weighted by atomic mass is 32.2. The molecule has 7 heteroatoms. The fourth-order valence-electron chi connectivity index (χ4n) is 2.32. The van der Waals surface area contributed by atoms with E-state index in [4.69, 9.17) is 4.42 Å². The third-order valence-electron chi connectivity index (χ3n) is 3.42. The average molecular weight is 364 g/mol. The number of hydrogen-bond donors (Lipinski definition) is 2. The van der Waals surface area contributed by atoms with Gasteiger partial charge in [-0.1, -0.05) is 17.7 Å². The van der Waals surface area contributed by atoms with Crippen molar-refractivity contribution in [3.63, 3.8) is 0 Å². The fraction of sp³-hybridized carbons (Fsp3) is 0.389. The van der Waals surface area contributed by atoms with E-state index >= 15 is 0 Å². The number of benzene rings is 1. The molecule has 1 aromatic heterocycles. The van der Waals surface area contributed by atoms with Crippen LogP contribution in [0.4, 0.5) is 0 Å². The summed E-state index contributed by atoms with van der Waals surface area (Å²) < 4.78 is 33.1. The third kappa shape index (κ3) is 5.72. The van der Waals surface area contributed by atoms with Crippen molar-refractivity contribution in [2.45, 2.75) is 50.6 Å². The van der Waals surface area contributed by atoms with E-state index in [0.29, 0.717) is 5.76 Å². The van der Waals surface area contributed by atoms with E-state index < -0.39 is 21.6 Å². The molecule has 0 unspecified atom stereocenters. The number of furan rings is 1. The van der Waals surface area contributed by atoms with E-state index in [0.717, 1.165) is 5.56 Å². The fourth-order valence-corrected chi connectivity index (χ4v) is 3.52. The lowest BCUT2D eigenvalue weighted by molar-refractivity contribution is -0.123. The maximum absolute atomic E-state index is 12.6. The maximum atomic E-state index is 12.6. The first-order valence-electron chi connectivity index (χ1n) is 8.00. The molecule has 1 heterocycles. The third-order valence-corrected chi connectivity index (χ3v) is 4.91. The normalized spacial score (nSPS) is 13.4. The quantitative estimate of drug-likeness (QED) is 0.825. The Balaban J connectivity index is 2.22. The highest BCUT2D eigenvalue weighted by Crippen LogP contribution is 2.21. The highest BCUT2D eigenvalue weighted by Gasteiger charge is 2.26. The molecular weight excluding hydrogens is 340 g/mol. The first kappa shape index (κ1) is 19.2. The Hall–Kier alpha value is -2.12. The van der Waals surface area contributed by atoms with Crippen molar-refractivity contribution in [2.75, 3.05) is 0 Å². The monoisotopic (exact) mass is 364 g/mol. The largest absolute Gasteiger partial charge is 0.468 e. The second-order valence-corrected chi connectivity index (χ2v) is 8.72. The summed E-state index contributed by atoms with van der Waals surface area (Å²) >= 11 is 0. The van der Waals surface area contributed by atoms with Gasteiger partial charge in [-0.05, 0) is 52.0 Å². The van der Waals surface area contributed by atoms with Crippen molar-refractivity contribution in [1.82, 2.24) is 10.0 Å². The summed E-state index contributed by atoms with van der Waals surface area (Å²) in [5, 5.41) is 2.83. The van der Waals surface area contributed by atoms with Crippen LogP contribution in [-0.4, -0.2) is 19.9 Å². The van der Waals surface area contributed by atoms with Gasteiger partial charge in [0.05, 0.1) is 23.6 Å². The van der Waals surface area contributed by atoms with E-state index in [1.807, 2.05) is 27.7 Å². The van der Waals surface area contributed by atoms with Gasteiger partial charge in [-0.25, -0.2) is 8.42 Å². The average Bonchev–Trinajstić information content (AvgIpc) is 2.99. The number of carbonyl (C=O) groups excluding carboxylic acids is 1. The number of amides is 1. The first-order chi connectivity index (χ1) is 11.6. The van der Waals surface area contributed by atoms with Crippen molar-refractivity contribution >= 4 is 15.9 Å². The number of aryl methyl sites for hydroxylation is 1. The van der Waals surface area contributed by atoms with E-state index in [1.54, 1.807) is 24.3 Å². The zero-order valence-electron chi connectivity index (χ0n) is 14.9. The summed E-state index contributed by atoms with van der Waals surface area (Å²) in [4.78, 5) is 12.4. The molecule has 0 aliphatic heterocycles. The number of sulfonamides is 1. The van der Waals surface area contributed by atoms with Crippen LogP contribution in [0.5, 0.6) is 0 Å². The van der Waals surface area contributed by atoms with Gasteiger partial charge in [-0.3, -0.25) is 4.79 Å². The molecule has 0 spiro atoms. The zero-order valence-corrected chi connectivity index (χ0v) is 15.7. The first-order valence-corrected chi connectivity index (χ1v) is 9.48. The zero-order chi connectivity index (χ0) is 18.7. The van der Waals surface area contributed by atoms with E-state index in [2.05, 4.69) is 10.0 Å². The molecule has 2 rings (SSSR count). The Morgan fingerprint density at radius 2 is 1.80 bits per heavy atom. The molecule has 0 saturated heterocycles. The molecule has 2 N–H and O–H groups in total. The van der Waals surface area contributed by atoms with Crippen LogP contribution in [-0.2, 0) is 14.8 Å². The van der Waals surface area contributed by atoms with E-state index in [9.17, 15) is 13.2 Å². The van der Waals surface area contributed by atoms with Gasteiger partial charge in [0, 0.05) is 5.54 Å². The molecule has 0 radical (unpaired) electrons. The Morgan fingerprint density at radius 1 is 1.16 bits per heavy atom. The molecule has 1 atom stereocenters. The number of carbonyl (C=O) groups is 1. The minimum atomic E-state index is -3.78. The van der Waals surface area contributed by atoms with Crippen LogP contribution in [0.2, 0.25) is 0 Å². The molecule has 136 valence electrons. The molecule has 0 aliphatic carbocycles. The number of hydrogen-bond acceptors (Lipinski definition) is 4. The highest BCUT2D eigenvalue weighted by molar-refractivity contribution is 7.89. The predicted octanol–water partition coefficient (Wildman–Crippen LogP) is 2.91. The second kappa shape index (κ2) is 7.41. The Labute approximate surface area is 148 Å². The molecule has 6 nitrogen and oxygen atoms in total. The Bertz CT molecular complexity index is 804. The molecule has 1 amide bonds. The minimum absolute atomic E-state index is 0.0596. The summed E-state index contributed by atoms with van der Waals surface area (Å²) in [6.45, 7) is 7.47. The van der Waals surface area contributed by atoms with Crippen LogP contribution in [0.15, 0.2) is 52.0 Å². The summed E-state index contributed by atoms with van der Waals surface area (Å²) in [6.07, 6.45) is 1.39.